The molecule has 0 aliphatic carbocycles. The molecule has 1 aromatic rings. The Morgan fingerprint density at radius 1 is 1.42 bits per heavy atom. The summed E-state index contributed by atoms with van der Waals surface area (Å²) in [7, 11) is 1.60. The van der Waals surface area contributed by atoms with Crippen molar-refractivity contribution in [3.8, 4) is 5.75 Å². The smallest absolute Gasteiger partial charge is 0.271 e. The molecule has 0 aliphatic heterocycles. The Hall–Kier alpha value is -2.10. The third-order valence-corrected chi connectivity index (χ3v) is 4.24. The largest absolute Gasteiger partial charge is 0.496 e. The monoisotopic (exact) mass is 330 g/mol. The van der Waals surface area contributed by atoms with Gasteiger partial charge >= 0.3 is 0 Å². The van der Waals surface area contributed by atoms with Crippen molar-refractivity contribution in [3.63, 3.8) is 0 Å². The lowest BCUT2D eigenvalue weighted by Crippen LogP contribution is -2.28. The van der Waals surface area contributed by atoms with E-state index in [2.05, 4.69) is 37.9 Å². The lowest BCUT2D eigenvalue weighted by molar-refractivity contribution is 0.0953. The van der Waals surface area contributed by atoms with Gasteiger partial charge in [0.2, 0.25) is 0 Å². The molecule has 1 aromatic carbocycles. The molecule has 0 unspecified atom stereocenters. The Labute approximate surface area is 146 Å². The molecule has 0 saturated carbocycles. The van der Waals surface area contributed by atoms with Crippen LogP contribution in [0.3, 0.4) is 0 Å². The number of hydrogen-bond acceptors (Lipinski definition) is 3. The fourth-order valence-corrected chi connectivity index (χ4v) is 2.63. The minimum Gasteiger partial charge on any atom is -0.496 e. The first-order valence-corrected chi connectivity index (χ1v) is 8.49. The number of hydrogen-bond donors (Lipinski definition) is 1. The van der Waals surface area contributed by atoms with E-state index in [1.807, 2.05) is 25.1 Å². The van der Waals surface area contributed by atoms with Gasteiger partial charge < -0.3 is 4.74 Å². The lowest BCUT2D eigenvalue weighted by Gasteiger charge is -2.25. The van der Waals surface area contributed by atoms with Crippen LogP contribution in [0.15, 0.2) is 36.0 Å². The predicted octanol–water partition coefficient (Wildman–Crippen LogP) is 4.88. The number of rotatable bonds is 9. The number of benzene rings is 1. The molecule has 1 rings (SSSR count). The number of nitrogens with one attached hydrogen (secondary N) is 1. The highest BCUT2D eigenvalue weighted by Gasteiger charge is 2.24. The second-order valence-corrected chi connectivity index (χ2v) is 6.61. The Morgan fingerprint density at radius 2 is 2.12 bits per heavy atom. The highest BCUT2D eigenvalue weighted by Crippen LogP contribution is 2.26. The SMILES string of the molecule is C=CCC(C)(C)/C(CCCC)=N/NC(=O)c1cccc(OC)c1C. The normalized spacial score (nSPS) is 12.0. The van der Waals surface area contributed by atoms with E-state index >= 15 is 0 Å². The standard InChI is InChI=1S/C20H30N2O2/c1-7-9-13-18(20(4,5)14-8-2)21-22-19(23)16-11-10-12-17(24-6)15(16)3/h8,10-12H,2,7,9,13-14H2,1,3-6H3,(H,22,23)/b21-18+. The van der Waals surface area contributed by atoms with Crippen molar-refractivity contribution in [2.45, 2.75) is 53.4 Å². The van der Waals surface area contributed by atoms with E-state index in [4.69, 9.17) is 4.74 Å². The molecule has 0 fully saturated rings. The number of hydrazone groups is 1. The zero-order valence-corrected chi connectivity index (χ0v) is 15.6. The van der Waals surface area contributed by atoms with Crippen LogP contribution < -0.4 is 10.2 Å². The summed E-state index contributed by atoms with van der Waals surface area (Å²) < 4.78 is 5.27. The van der Waals surface area contributed by atoms with E-state index in [0.29, 0.717) is 11.3 Å². The molecule has 24 heavy (non-hydrogen) atoms. The van der Waals surface area contributed by atoms with Gasteiger partial charge in [-0.25, -0.2) is 5.43 Å². The number of methoxy groups -OCH3 is 1. The van der Waals surface area contributed by atoms with Gasteiger partial charge in [-0.1, -0.05) is 39.3 Å². The van der Waals surface area contributed by atoms with Crippen LogP contribution in [0, 0.1) is 12.3 Å². The van der Waals surface area contributed by atoms with Gasteiger partial charge in [0.25, 0.3) is 5.91 Å². The van der Waals surface area contributed by atoms with Crippen molar-refractivity contribution >= 4 is 11.6 Å². The van der Waals surface area contributed by atoms with Crippen LogP contribution in [0.1, 0.15) is 62.4 Å². The first-order valence-electron chi connectivity index (χ1n) is 8.49. The quantitative estimate of drug-likeness (QED) is 0.398. The molecule has 0 heterocycles. The molecule has 0 spiro atoms. The van der Waals surface area contributed by atoms with Gasteiger partial charge in [0, 0.05) is 22.3 Å². The highest BCUT2D eigenvalue weighted by molar-refractivity contribution is 5.98. The molecule has 0 saturated heterocycles. The third kappa shape index (κ3) is 5.22. The van der Waals surface area contributed by atoms with Gasteiger partial charge in [-0.2, -0.15) is 5.10 Å². The van der Waals surface area contributed by atoms with Gasteiger partial charge in [-0.3, -0.25) is 4.79 Å². The van der Waals surface area contributed by atoms with Crippen LogP contribution in [0.5, 0.6) is 5.75 Å². The van der Waals surface area contributed by atoms with E-state index in [1.165, 1.54) is 0 Å². The number of nitrogens with zero attached hydrogens (tertiary/aromatic N) is 1. The molecule has 0 aliphatic rings. The Balaban J connectivity index is 3.00. The summed E-state index contributed by atoms with van der Waals surface area (Å²) in [6, 6.07) is 5.43. The predicted molar refractivity (Wildman–Crippen MR) is 101 cm³/mol. The van der Waals surface area contributed by atoms with Gasteiger partial charge in [0.05, 0.1) is 7.11 Å². The molecular weight excluding hydrogens is 300 g/mol. The molecular formula is C20H30N2O2. The zero-order valence-electron chi connectivity index (χ0n) is 15.6. The molecule has 0 aromatic heterocycles. The van der Waals surface area contributed by atoms with E-state index in [-0.39, 0.29) is 11.3 Å². The molecule has 4 nitrogen and oxygen atoms in total. The first-order chi connectivity index (χ1) is 11.4. The number of carbonyl (C=O) groups excluding carboxylic acids is 1. The van der Waals surface area contributed by atoms with Crippen molar-refractivity contribution in [2.24, 2.45) is 10.5 Å². The minimum atomic E-state index is -0.213. The fraction of sp³-hybridized carbons (Fsp3) is 0.500. The topological polar surface area (TPSA) is 50.7 Å². The number of amides is 1. The Bertz CT molecular complexity index is 604. The summed E-state index contributed by atoms with van der Waals surface area (Å²) in [5, 5.41) is 4.45. The van der Waals surface area contributed by atoms with E-state index in [1.54, 1.807) is 13.2 Å². The van der Waals surface area contributed by atoms with Crippen molar-refractivity contribution in [3.05, 3.63) is 42.0 Å². The average molecular weight is 330 g/mol. The molecule has 0 bridgehead atoms. The third-order valence-electron chi connectivity index (χ3n) is 4.24. The summed E-state index contributed by atoms with van der Waals surface area (Å²) in [6.45, 7) is 12.1. The summed E-state index contributed by atoms with van der Waals surface area (Å²) in [5.41, 5.74) is 5.00. The molecule has 1 N–H and O–H groups in total. The fourth-order valence-electron chi connectivity index (χ4n) is 2.63. The molecule has 132 valence electrons. The maximum absolute atomic E-state index is 12.5. The van der Waals surface area contributed by atoms with Crippen LogP contribution in [-0.4, -0.2) is 18.7 Å². The van der Waals surface area contributed by atoms with Gasteiger partial charge in [0.15, 0.2) is 0 Å². The number of carbonyl (C=O) groups is 1. The molecule has 0 radical (unpaired) electrons. The first kappa shape index (κ1) is 19.9. The van der Waals surface area contributed by atoms with E-state index < -0.39 is 0 Å². The summed E-state index contributed by atoms with van der Waals surface area (Å²) in [5.74, 6) is 0.486. The molecule has 0 atom stereocenters. The molecule has 4 heteroatoms. The van der Waals surface area contributed by atoms with E-state index in [9.17, 15) is 4.79 Å². The van der Waals surface area contributed by atoms with Gasteiger partial charge in [-0.15, -0.1) is 6.58 Å². The zero-order chi connectivity index (χ0) is 18.2. The van der Waals surface area contributed by atoms with Crippen LogP contribution in [0.25, 0.3) is 0 Å². The summed E-state index contributed by atoms with van der Waals surface area (Å²) >= 11 is 0. The van der Waals surface area contributed by atoms with Crippen LogP contribution in [0.2, 0.25) is 0 Å². The molecule has 1 amide bonds. The second kappa shape index (κ2) is 9.26. The van der Waals surface area contributed by atoms with Crippen molar-refractivity contribution in [1.29, 1.82) is 0 Å². The summed E-state index contributed by atoms with van der Waals surface area (Å²) in [4.78, 5) is 12.5. The highest BCUT2D eigenvalue weighted by atomic mass is 16.5. The van der Waals surface area contributed by atoms with Crippen LogP contribution in [0.4, 0.5) is 0 Å². The number of ether oxygens (including phenoxy) is 1. The number of allylic oxidation sites excluding steroid dienone is 1. The van der Waals surface area contributed by atoms with Gasteiger partial charge in [-0.05, 0) is 38.3 Å². The number of unbranched alkanes of at least 4 members (excludes halogenated alkanes) is 1. The Kier molecular flexibility index (Phi) is 7.69. The van der Waals surface area contributed by atoms with Crippen LogP contribution >= 0.6 is 0 Å². The van der Waals surface area contributed by atoms with Crippen molar-refractivity contribution in [1.82, 2.24) is 5.43 Å². The maximum atomic E-state index is 12.5. The summed E-state index contributed by atoms with van der Waals surface area (Å²) in [6.07, 6.45) is 5.73. The average Bonchev–Trinajstić information content (AvgIpc) is 2.54. The van der Waals surface area contributed by atoms with E-state index in [0.717, 1.165) is 37.0 Å². The maximum Gasteiger partial charge on any atom is 0.271 e. The van der Waals surface area contributed by atoms with Gasteiger partial charge in [0.1, 0.15) is 5.75 Å². The lowest BCUT2D eigenvalue weighted by atomic mass is 9.81. The second-order valence-electron chi connectivity index (χ2n) is 6.61. The van der Waals surface area contributed by atoms with Crippen molar-refractivity contribution in [2.75, 3.05) is 7.11 Å². The van der Waals surface area contributed by atoms with Crippen molar-refractivity contribution < 1.29 is 9.53 Å². The minimum absolute atomic E-state index is 0.117. The van der Waals surface area contributed by atoms with Crippen LogP contribution in [-0.2, 0) is 0 Å². The Morgan fingerprint density at radius 3 is 2.71 bits per heavy atom.